The van der Waals surface area contributed by atoms with E-state index in [2.05, 4.69) is 12.2 Å². The van der Waals surface area contributed by atoms with E-state index in [-0.39, 0.29) is 35.5 Å². The summed E-state index contributed by atoms with van der Waals surface area (Å²) < 4.78 is 22.9. The highest BCUT2D eigenvalue weighted by atomic mass is 32.2. The molecule has 0 aromatic rings. The number of rotatable bonds is 4. The van der Waals surface area contributed by atoms with Gasteiger partial charge in [0.25, 0.3) is 0 Å². The zero-order chi connectivity index (χ0) is 13.3. The van der Waals surface area contributed by atoms with Gasteiger partial charge in [-0.3, -0.25) is 10.1 Å². The Hall–Kier alpha value is -0.620. The second-order valence-electron chi connectivity index (χ2n) is 5.44. The molecular weight excluding hydrogens is 252 g/mol. The smallest absolute Gasteiger partial charge is 0.241 e. The molecule has 3 unspecified atom stereocenters. The molecule has 3 atom stereocenters. The molecular formula is C12H22N2O3S. The highest BCUT2D eigenvalue weighted by Crippen LogP contribution is 2.23. The van der Waals surface area contributed by atoms with E-state index in [4.69, 9.17) is 0 Å². The molecule has 0 saturated carbocycles. The molecule has 0 bridgehead atoms. The highest BCUT2D eigenvalue weighted by molar-refractivity contribution is 7.91. The molecule has 2 rings (SSSR count). The van der Waals surface area contributed by atoms with Gasteiger partial charge in [0, 0.05) is 6.54 Å². The van der Waals surface area contributed by atoms with E-state index in [9.17, 15) is 13.2 Å². The number of carbonyl (C=O) groups is 1. The van der Waals surface area contributed by atoms with Crippen LogP contribution < -0.4 is 5.32 Å². The minimum absolute atomic E-state index is 0.0253. The Morgan fingerprint density at radius 1 is 1.44 bits per heavy atom. The normalized spacial score (nSPS) is 35.3. The van der Waals surface area contributed by atoms with Crippen molar-refractivity contribution < 1.29 is 13.2 Å². The Morgan fingerprint density at radius 3 is 2.72 bits per heavy atom. The van der Waals surface area contributed by atoms with Crippen LogP contribution in [0.3, 0.4) is 0 Å². The van der Waals surface area contributed by atoms with Crippen molar-refractivity contribution >= 4 is 15.7 Å². The average Bonchev–Trinajstić information content (AvgIpc) is 2.75. The van der Waals surface area contributed by atoms with Crippen LogP contribution in [0.2, 0.25) is 0 Å². The van der Waals surface area contributed by atoms with Gasteiger partial charge in [-0.25, -0.2) is 8.42 Å². The van der Waals surface area contributed by atoms with Crippen molar-refractivity contribution in [2.24, 2.45) is 5.92 Å². The van der Waals surface area contributed by atoms with Gasteiger partial charge in [-0.05, 0) is 25.7 Å². The first kappa shape index (κ1) is 13.8. The fraction of sp³-hybridized carbons (Fsp3) is 0.917. The standard InChI is InChI=1S/C12H22N2O3S/c1-3-4-11-12(15)14(9(2)13-11)7-10-5-6-18(16,17)8-10/h9-11,13H,3-8H2,1-2H3. The lowest BCUT2D eigenvalue weighted by Crippen LogP contribution is -2.38. The van der Waals surface area contributed by atoms with Gasteiger partial charge in [-0.1, -0.05) is 13.3 Å². The molecule has 18 heavy (non-hydrogen) atoms. The van der Waals surface area contributed by atoms with Crippen molar-refractivity contribution in [1.82, 2.24) is 10.2 Å². The summed E-state index contributed by atoms with van der Waals surface area (Å²) in [5.74, 6) is 0.763. The third-order valence-corrected chi connectivity index (χ3v) is 5.69. The van der Waals surface area contributed by atoms with Crippen molar-refractivity contribution in [1.29, 1.82) is 0 Å². The predicted molar refractivity (Wildman–Crippen MR) is 69.8 cm³/mol. The highest BCUT2D eigenvalue weighted by Gasteiger charge is 2.38. The van der Waals surface area contributed by atoms with E-state index in [0.29, 0.717) is 13.0 Å². The van der Waals surface area contributed by atoms with Crippen molar-refractivity contribution in [3.8, 4) is 0 Å². The van der Waals surface area contributed by atoms with Crippen molar-refractivity contribution in [3.05, 3.63) is 0 Å². The van der Waals surface area contributed by atoms with Gasteiger partial charge in [0.05, 0.1) is 23.7 Å². The molecule has 104 valence electrons. The molecule has 0 aliphatic carbocycles. The second-order valence-corrected chi connectivity index (χ2v) is 7.67. The molecule has 1 N–H and O–H groups in total. The summed E-state index contributed by atoms with van der Waals surface area (Å²) in [4.78, 5) is 14.0. The number of hydrogen-bond donors (Lipinski definition) is 1. The average molecular weight is 274 g/mol. The summed E-state index contributed by atoms with van der Waals surface area (Å²) in [5, 5.41) is 3.28. The van der Waals surface area contributed by atoms with Crippen LogP contribution in [0.1, 0.15) is 33.1 Å². The number of carbonyl (C=O) groups excluding carboxylic acids is 1. The van der Waals surface area contributed by atoms with Gasteiger partial charge in [-0.15, -0.1) is 0 Å². The molecule has 5 nitrogen and oxygen atoms in total. The summed E-state index contributed by atoms with van der Waals surface area (Å²) in [5.41, 5.74) is 0. The molecule has 0 spiro atoms. The maximum Gasteiger partial charge on any atom is 0.241 e. The van der Waals surface area contributed by atoms with Gasteiger partial charge in [0.15, 0.2) is 9.84 Å². The molecule has 2 fully saturated rings. The number of nitrogens with zero attached hydrogens (tertiary/aromatic N) is 1. The summed E-state index contributed by atoms with van der Waals surface area (Å²) in [6.07, 6.45) is 2.54. The maximum atomic E-state index is 12.2. The van der Waals surface area contributed by atoms with Gasteiger partial charge < -0.3 is 4.90 Å². The van der Waals surface area contributed by atoms with E-state index in [1.165, 1.54) is 0 Å². The molecule has 2 saturated heterocycles. The second kappa shape index (κ2) is 5.17. The Bertz CT molecular complexity index is 421. The number of hydrogen-bond acceptors (Lipinski definition) is 4. The van der Waals surface area contributed by atoms with Crippen molar-refractivity contribution in [3.63, 3.8) is 0 Å². The topological polar surface area (TPSA) is 66.5 Å². The number of amides is 1. The molecule has 1 amide bonds. The third kappa shape index (κ3) is 2.85. The Balaban J connectivity index is 1.95. The fourth-order valence-corrected chi connectivity index (χ4v) is 4.73. The van der Waals surface area contributed by atoms with Crippen LogP contribution in [-0.2, 0) is 14.6 Å². The van der Waals surface area contributed by atoms with Crippen LogP contribution in [0.15, 0.2) is 0 Å². The number of sulfone groups is 1. The Morgan fingerprint density at radius 2 is 2.17 bits per heavy atom. The maximum absolute atomic E-state index is 12.2. The molecule has 2 aliphatic rings. The first-order valence-electron chi connectivity index (χ1n) is 6.70. The van der Waals surface area contributed by atoms with Crippen LogP contribution >= 0.6 is 0 Å². The molecule has 2 heterocycles. The summed E-state index contributed by atoms with van der Waals surface area (Å²) in [7, 11) is -2.85. The van der Waals surface area contributed by atoms with Gasteiger partial charge in [0.1, 0.15) is 0 Å². The monoisotopic (exact) mass is 274 g/mol. The van der Waals surface area contributed by atoms with E-state index >= 15 is 0 Å². The summed E-state index contributed by atoms with van der Waals surface area (Å²) in [6, 6.07) is -0.0805. The fourth-order valence-electron chi connectivity index (χ4n) is 2.88. The lowest BCUT2D eigenvalue weighted by atomic mass is 10.1. The predicted octanol–water partition coefficient (Wildman–Crippen LogP) is 0.368. The lowest BCUT2D eigenvalue weighted by molar-refractivity contribution is -0.130. The van der Waals surface area contributed by atoms with Crippen molar-refractivity contribution in [2.75, 3.05) is 18.1 Å². The molecule has 0 aromatic carbocycles. The Labute approximate surface area is 109 Å². The minimum atomic E-state index is -2.85. The largest absolute Gasteiger partial charge is 0.326 e. The van der Waals surface area contributed by atoms with E-state index in [1.807, 2.05) is 11.8 Å². The summed E-state index contributed by atoms with van der Waals surface area (Å²) >= 11 is 0. The first-order valence-corrected chi connectivity index (χ1v) is 8.52. The van der Waals surface area contributed by atoms with Crippen molar-refractivity contribution in [2.45, 2.75) is 45.3 Å². The third-order valence-electron chi connectivity index (χ3n) is 3.85. The van der Waals surface area contributed by atoms with E-state index < -0.39 is 9.84 Å². The molecule has 0 aromatic heterocycles. The zero-order valence-corrected chi connectivity index (χ0v) is 11.9. The first-order chi connectivity index (χ1) is 8.43. The van der Waals surface area contributed by atoms with E-state index in [1.54, 1.807) is 0 Å². The zero-order valence-electron chi connectivity index (χ0n) is 11.1. The van der Waals surface area contributed by atoms with Gasteiger partial charge >= 0.3 is 0 Å². The minimum Gasteiger partial charge on any atom is -0.326 e. The SMILES string of the molecule is CCCC1NC(C)N(CC2CCS(=O)(=O)C2)C1=O. The van der Waals surface area contributed by atoms with Crippen LogP contribution in [-0.4, -0.2) is 49.5 Å². The number of nitrogens with one attached hydrogen (secondary N) is 1. The lowest BCUT2D eigenvalue weighted by Gasteiger charge is -2.23. The Kier molecular flexibility index (Phi) is 3.96. The van der Waals surface area contributed by atoms with Gasteiger partial charge in [-0.2, -0.15) is 0 Å². The van der Waals surface area contributed by atoms with Crippen LogP contribution in [0.4, 0.5) is 0 Å². The van der Waals surface area contributed by atoms with E-state index in [0.717, 1.165) is 12.8 Å². The van der Waals surface area contributed by atoms with Gasteiger partial charge in [0.2, 0.25) is 5.91 Å². The van der Waals surface area contributed by atoms with Crippen LogP contribution in [0.5, 0.6) is 0 Å². The quantitative estimate of drug-likeness (QED) is 0.804. The molecule has 2 aliphatic heterocycles. The summed E-state index contributed by atoms with van der Waals surface area (Å²) in [6.45, 7) is 4.61. The van der Waals surface area contributed by atoms with Crippen LogP contribution in [0, 0.1) is 5.92 Å². The molecule has 0 radical (unpaired) electrons. The van der Waals surface area contributed by atoms with Crippen LogP contribution in [0.25, 0.3) is 0 Å². The molecule has 6 heteroatoms.